The van der Waals surface area contributed by atoms with Crippen molar-refractivity contribution in [1.82, 2.24) is 4.98 Å². The minimum absolute atomic E-state index is 0.191. The minimum Gasteiger partial charge on any atom is -0.364 e. The summed E-state index contributed by atoms with van der Waals surface area (Å²) in [6.07, 6.45) is 2.23. The number of anilines is 1. The molecule has 0 atom stereocenters. The highest BCUT2D eigenvalue weighted by molar-refractivity contribution is 5.90. The van der Waals surface area contributed by atoms with Crippen molar-refractivity contribution < 1.29 is 4.79 Å². The van der Waals surface area contributed by atoms with Gasteiger partial charge in [0, 0.05) is 19.7 Å². The van der Waals surface area contributed by atoms with Gasteiger partial charge in [-0.05, 0) is 18.6 Å². The zero-order valence-electron chi connectivity index (χ0n) is 9.16. The Morgan fingerprint density at radius 3 is 3.00 bits per heavy atom. The molecule has 1 aromatic rings. The van der Waals surface area contributed by atoms with Crippen LogP contribution in [0.25, 0.3) is 0 Å². The highest BCUT2D eigenvalue weighted by atomic mass is 16.1. The van der Waals surface area contributed by atoms with Gasteiger partial charge < -0.3 is 10.6 Å². The molecule has 0 aliphatic rings. The van der Waals surface area contributed by atoms with Gasteiger partial charge in [-0.25, -0.2) is 4.98 Å². The molecule has 15 heavy (non-hydrogen) atoms. The first-order chi connectivity index (χ1) is 7.15. The van der Waals surface area contributed by atoms with Crippen molar-refractivity contribution in [2.45, 2.75) is 19.8 Å². The van der Waals surface area contributed by atoms with Gasteiger partial charge in [-0.2, -0.15) is 0 Å². The van der Waals surface area contributed by atoms with Crippen molar-refractivity contribution in [2.75, 3.05) is 18.5 Å². The molecule has 1 rings (SSSR count). The maximum absolute atomic E-state index is 10.9. The van der Waals surface area contributed by atoms with E-state index in [1.807, 2.05) is 18.0 Å². The van der Waals surface area contributed by atoms with Crippen LogP contribution in [-0.2, 0) is 0 Å². The van der Waals surface area contributed by atoms with E-state index in [0.29, 0.717) is 0 Å². The summed E-state index contributed by atoms with van der Waals surface area (Å²) < 4.78 is 0. The van der Waals surface area contributed by atoms with E-state index in [0.717, 1.165) is 25.2 Å². The monoisotopic (exact) mass is 206 g/mol. The molecule has 0 saturated carbocycles. The molecule has 1 radical (unpaired) electrons. The number of hydrogen-bond acceptors (Lipinski definition) is 3. The van der Waals surface area contributed by atoms with Crippen molar-refractivity contribution in [3.05, 3.63) is 23.9 Å². The average Bonchev–Trinajstić information content (AvgIpc) is 2.26. The number of nitrogens with two attached hydrogens (primary N) is 1. The number of hydrogen-bond donors (Lipinski definition) is 1. The summed E-state index contributed by atoms with van der Waals surface area (Å²) in [7, 11) is 1.95. The van der Waals surface area contributed by atoms with Crippen LogP contribution < -0.4 is 10.6 Å². The van der Waals surface area contributed by atoms with Gasteiger partial charge in [0.25, 0.3) is 5.91 Å². The van der Waals surface area contributed by atoms with Crippen LogP contribution in [0.4, 0.5) is 5.82 Å². The van der Waals surface area contributed by atoms with Crippen LogP contribution in [0.5, 0.6) is 0 Å². The number of amides is 1. The fourth-order valence-electron chi connectivity index (χ4n) is 1.23. The molecule has 0 saturated heterocycles. The Hall–Kier alpha value is -1.58. The lowest BCUT2D eigenvalue weighted by molar-refractivity contribution is 0.0995. The topological polar surface area (TPSA) is 59.2 Å². The van der Waals surface area contributed by atoms with Gasteiger partial charge in [0.2, 0.25) is 0 Å². The molecular weight excluding hydrogens is 190 g/mol. The molecular formula is C11H16N3O. The number of aromatic nitrogens is 1. The van der Waals surface area contributed by atoms with Crippen LogP contribution in [-0.4, -0.2) is 24.5 Å². The predicted octanol–water partition coefficient (Wildman–Crippen LogP) is 1.22. The Labute approximate surface area is 90.1 Å². The van der Waals surface area contributed by atoms with Crippen LogP contribution in [0.3, 0.4) is 0 Å². The molecule has 1 heterocycles. The predicted molar refractivity (Wildman–Crippen MR) is 59.8 cm³/mol. The molecule has 0 unspecified atom stereocenters. The van der Waals surface area contributed by atoms with Gasteiger partial charge in [0.1, 0.15) is 11.5 Å². The number of primary amides is 1. The van der Waals surface area contributed by atoms with E-state index in [-0.39, 0.29) is 5.69 Å². The van der Waals surface area contributed by atoms with E-state index in [4.69, 9.17) is 5.73 Å². The van der Waals surface area contributed by atoms with Crippen molar-refractivity contribution in [1.29, 1.82) is 0 Å². The smallest absolute Gasteiger partial charge is 0.268 e. The molecule has 1 amide bonds. The van der Waals surface area contributed by atoms with Gasteiger partial charge in [0.05, 0.1) is 0 Å². The van der Waals surface area contributed by atoms with Crippen LogP contribution in [0.15, 0.2) is 12.1 Å². The lowest BCUT2D eigenvalue weighted by Gasteiger charge is -2.17. The zero-order valence-corrected chi connectivity index (χ0v) is 9.16. The maximum atomic E-state index is 10.9. The summed E-state index contributed by atoms with van der Waals surface area (Å²) in [5.74, 6) is 0.219. The van der Waals surface area contributed by atoms with Crippen LogP contribution in [0.1, 0.15) is 30.3 Å². The van der Waals surface area contributed by atoms with E-state index < -0.39 is 5.91 Å². The van der Waals surface area contributed by atoms with Crippen molar-refractivity contribution in [2.24, 2.45) is 5.73 Å². The Balaban J connectivity index is 2.76. The average molecular weight is 206 g/mol. The standard InChI is InChI=1S/C11H16N3O/c1-3-4-8-14(2)10-7-5-6-9(13-10)11(12)15/h5,7H,3-4,8H2,1-2H3,(H2,12,15). The SMILES string of the molecule is CCCCN(C)c1cc[c]c(C(N)=O)n1. The number of pyridine rings is 1. The van der Waals surface area contributed by atoms with Gasteiger partial charge in [0.15, 0.2) is 0 Å². The number of rotatable bonds is 5. The third-order valence-electron chi connectivity index (χ3n) is 2.15. The van der Waals surface area contributed by atoms with Gasteiger partial charge in [-0.15, -0.1) is 0 Å². The summed E-state index contributed by atoms with van der Waals surface area (Å²) in [5, 5.41) is 0. The molecule has 0 aliphatic heterocycles. The maximum Gasteiger partial charge on any atom is 0.268 e. The second-order valence-electron chi connectivity index (χ2n) is 3.44. The quantitative estimate of drug-likeness (QED) is 0.788. The Morgan fingerprint density at radius 2 is 2.40 bits per heavy atom. The highest BCUT2D eigenvalue weighted by Crippen LogP contribution is 2.09. The Bertz CT molecular complexity index is 338. The Morgan fingerprint density at radius 1 is 1.67 bits per heavy atom. The molecule has 81 valence electrons. The van der Waals surface area contributed by atoms with E-state index in [1.165, 1.54) is 0 Å². The first kappa shape index (κ1) is 11.5. The fourth-order valence-corrected chi connectivity index (χ4v) is 1.23. The second kappa shape index (κ2) is 5.34. The highest BCUT2D eigenvalue weighted by Gasteiger charge is 2.06. The zero-order chi connectivity index (χ0) is 11.3. The number of nitrogens with zero attached hydrogens (tertiary/aromatic N) is 2. The van der Waals surface area contributed by atoms with E-state index in [2.05, 4.69) is 18.0 Å². The number of carbonyl (C=O) groups is 1. The normalized spacial score (nSPS) is 10.0. The number of carbonyl (C=O) groups excluding carboxylic acids is 1. The van der Waals surface area contributed by atoms with Crippen LogP contribution in [0.2, 0.25) is 0 Å². The summed E-state index contributed by atoms with van der Waals surface area (Å²) in [5.41, 5.74) is 5.32. The van der Waals surface area contributed by atoms with Crippen molar-refractivity contribution in [3.8, 4) is 0 Å². The molecule has 4 heteroatoms. The van der Waals surface area contributed by atoms with Crippen LogP contribution >= 0.6 is 0 Å². The molecule has 0 spiro atoms. The molecule has 1 aromatic heterocycles. The van der Waals surface area contributed by atoms with Gasteiger partial charge >= 0.3 is 0 Å². The van der Waals surface area contributed by atoms with E-state index in [1.54, 1.807) is 6.07 Å². The lowest BCUT2D eigenvalue weighted by Crippen LogP contribution is -2.21. The second-order valence-corrected chi connectivity index (χ2v) is 3.44. The first-order valence-corrected chi connectivity index (χ1v) is 5.04. The third-order valence-corrected chi connectivity index (χ3v) is 2.15. The van der Waals surface area contributed by atoms with Crippen molar-refractivity contribution in [3.63, 3.8) is 0 Å². The summed E-state index contributed by atoms with van der Waals surface area (Å²) in [6, 6.07) is 6.20. The van der Waals surface area contributed by atoms with Gasteiger partial charge in [-0.1, -0.05) is 13.3 Å². The summed E-state index contributed by atoms with van der Waals surface area (Å²) in [6.45, 7) is 3.06. The molecule has 0 bridgehead atoms. The van der Waals surface area contributed by atoms with E-state index >= 15 is 0 Å². The molecule has 0 aliphatic carbocycles. The van der Waals surface area contributed by atoms with Crippen molar-refractivity contribution >= 4 is 11.7 Å². The minimum atomic E-state index is -0.541. The molecule has 4 nitrogen and oxygen atoms in total. The molecule has 2 N–H and O–H groups in total. The molecule has 0 fully saturated rings. The van der Waals surface area contributed by atoms with Gasteiger partial charge in [-0.3, -0.25) is 4.79 Å². The largest absolute Gasteiger partial charge is 0.364 e. The lowest BCUT2D eigenvalue weighted by atomic mass is 10.3. The third kappa shape index (κ3) is 3.23. The fraction of sp³-hybridized carbons (Fsp3) is 0.455. The number of unbranched alkanes of at least 4 members (excludes halogenated alkanes) is 1. The summed E-state index contributed by atoms with van der Waals surface area (Å²) >= 11 is 0. The molecule has 0 aromatic carbocycles. The Kier molecular flexibility index (Phi) is 4.09. The summed E-state index contributed by atoms with van der Waals surface area (Å²) in [4.78, 5) is 17.0. The van der Waals surface area contributed by atoms with Crippen LogP contribution in [0, 0.1) is 6.07 Å². The first-order valence-electron chi connectivity index (χ1n) is 5.04. The van der Waals surface area contributed by atoms with E-state index in [9.17, 15) is 4.79 Å².